The normalized spacial score (nSPS) is 18.4. The molecular weight excluding hydrogens is 516 g/mol. The van der Waals surface area contributed by atoms with E-state index in [-0.39, 0.29) is 25.9 Å². The molecule has 0 spiro atoms. The van der Waals surface area contributed by atoms with Crippen LogP contribution in [0.2, 0.25) is 0 Å². The van der Waals surface area contributed by atoms with Gasteiger partial charge < -0.3 is 40.7 Å². The number of aromatic amines is 2. The molecule has 1 aliphatic heterocycles. The number of benzene rings is 2. The minimum Gasteiger partial charge on any atom is -0.467 e. The van der Waals surface area contributed by atoms with Crippen LogP contribution >= 0.6 is 0 Å². The van der Waals surface area contributed by atoms with Crippen LogP contribution in [0.5, 0.6) is 0 Å². The second-order valence-corrected chi connectivity index (χ2v) is 9.49. The number of esters is 2. The number of aromatic nitrogens is 2. The second-order valence-electron chi connectivity index (χ2n) is 9.49. The summed E-state index contributed by atoms with van der Waals surface area (Å²) in [7, 11) is 2.55. The van der Waals surface area contributed by atoms with E-state index in [1.54, 1.807) is 12.4 Å². The van der Waals surface area contributed by atoms with Gasteiger partial charge in [-0.25, -0.2) is 9.59 Å². The highest BCUT2D eigenvalue weighted by molar-refractivity contribution is 5.99. The summed E-state index contributed by atoms with van der Waals surface area (Å²) in [5.74, 6) is -1.96. The maximum atomic E-state index is 13.0. The lowest BCUT2D eigenvalue weighted by molar-refractivity contribution is -0.145. The van der Waals surface area contributed by atoms with Gasteiger partial charge in [0.05, 0.1) is 27.3 Å². The quantitative estimate of drug-likeness (QED) is 0.206. The summed E-state index contributed by atoms with van der Waals surface area (Å²) in [4.78, 5) is 57.6. The number of H-pyrrole nitrogens is 2. The van der Waals surface area contributed by atoms with Crippen molar-refractivity contribution in [1.29, 1.82) is 0 Å². The number of carbonyl (C=O) groups excluding carboxylic acids is 4. The Morgan fingerprint density at radius 3 is 1.52 bits per heavy atom. The van der Waals surface area contributed by atoms with Crippen LogP contribution < -0.4 is 21.3 Å². The first-order valence-corrected chi connectivity index (χ1v) is 12.8. The summed E-state index contributed by atoms with van der Waals surface area (Å²) in [5, 5.41) is 13.4. The van der Waals surface area contributed by atoms with E-state index in [1.807, 2.05) is 36.4 Å². The molecule has 208 valence electrons. The standard InChI is InChI=1S/C28H30N6O6/c1-39-27(37)21-9-15-11-29-17-5-3-7-19(25(15)17)32-14-24(36)34-22(28(38)40-2)10-16-12-30-18-6-4-8-20(26(16)18)31-13-23(35)33-21/h3-8,11-12,21-22,29-32H,9-10,13-14H2,1-2H3,(H,33,35)(H,34,36)/t21-,22-/m0/s1. The Morgan fingerprint density at radius 1 is 0.700 bits per heavy atom. The van der Waals surface area contributed by atoms with Gasteiger partial charge in [0.15, 0.2) is 0 Å². The summed E-state index contributed by atoms with van der Waals surface area (Å²) < 4.78 is 9.95. The van der Waals surface area contributed by atoms with Crippen LogP contribution in [0.4, 0.5) is 11.4 Å². The van der Waals surface area contributed by atoms with Crippen LogP contribution in [-0.2, 0) is 41.5 Å². The van der Waals surface area contributed by atoms with Crippen molar-refractivity contribution in [3.05, 3.63) is 59.9 Å². The van der Waals surface area contributed by atoms with Crippen LogP contribution in [0.25, 0.3) is 21.8 Å². The molecule has 0 unspecified atom stereocenters. The molecular formula is C28H30N6O6. The zero-order valence-corrected chi connectivity index (χ0v) is 22.1. The maximum absolute atomic E-state index is 13.0. The van der Waals surface area contributed by atoms with Gasteiger partial charge in [-0.1, -0.05) is 12.1 Å². The lowest BCUT2D eigenvalue weighted by Gasteiger charge is -2.19. The Morgan fingerprint density at radius 2 is 1.12 bits per heavy atom. The number of carbonyl (C=O) groups is 4. The largest absolute Gasteiger partial charge is 0.467 e. The van der Waals surface area contributed by atoms with Gasteiger partial charge in [-0.05, 0) is 35.4 Å². The number of hydrogen-bond donors (Lipinski definition) is 6. The van der Waals surface area contributed by atoms with Crippen molar-refractivity contribution in [2.75, 3.05) is 37.9 Å². The lowest BCUT2D eigenvalue weighted by atomic mass is 10.0. The van der Waals surface area contributed by atoms with E-state index in [2.05, 4.69) is 31.2 Å². The number of hydrogen-bond acceptors (Lipinski definition) is 8. The SMILES string of the molecule is COC(=O)[C@@H]1Cc2c[nH]c3cccc(c23)NCC(=O)N[C@H](C(=O)OC)Cc2c[nH]c3cccc(c23)NCC(=O)N1. The van der Waals surface area contributed by atoms with E-state index in [0.29, 0.717) is 11.4 Å². The maximum Gasteiger partial charge on any atom is 0.328 e. The molecule has 0 fully saturated rings. The van der Waals surface area contributed by atoms with Gasteiger partial charge in [0, 0.05) is 58.4 Å². The number of amides is 2. The van der Waals surface area contributed by atoms with Gasteiger partial charge >= 0.3 is 11.9 Å². The zero-order chi connectivity index (χ0) is 28.2. The molecule has 12 heteroatoms. The van der Waals surface area contributed by atoms with E-state index in [4.69, 9.17) is 9.47 Å². The van der Waals surface area contributed by atoms with Crippen LogP contribution in [0.3, 0.4) is 0 Å². The highest BCUT2D eigenvalue weighted by Gasteiger charge is 2.26. The lowest BCUT2D eigenvalue weighted by Crippen LogP contribution is -2.45. The molecule has 0 bridgehead atoms. The van der Waals surface area contributed by atoms with Gasteiger partial charge in [-0.3, -0.25) is 9.59 Å². The van der Waals surface area contributed by atoms with E-state index < -0.39 is 35.8 Å². The van der Waals surface area contributed by atoms with Crippen molar-refractivity contribution < 1.29 is 28.7 Å². The molecule has 0 saturated heterocycles. The molecule has 3 heterocycles. The first-order chi connectivity index (χ1) is 19.4. The smallest absolute Gasteiger partial charge is 0.328 e. The number of ether oxygens (including phenoxy) is 2. The Kier molecular flexibility index (Phi) is 7.58. The molecule has 0 aliphatic carbocycles. The minimum atomic E-state index is -0.937. The number of nitrogens with one attached hydrogen (secondary N) is 6. The Bertz CT molecular complexity index is 1470. The van der Waals surface area contributed by atoms with Crippen molar-refractivity contribution in [1.82, 2.24) is 20.6 Å². The molecule has 2 aromatic carbocycles. The fourth-order valence-corrected chi connectivity index (χ4v) is 5.08. The fraction of sp³-hybridized carbons (Fsp3) is 0.286. The van der Waals surface area contributed by atoms with Crippen molar-refractivity contribution in [3.63, 3.8) is 0 Å². The molecule has 6 N–H and O–H groups in total. The van der Waals surface area contributed by atoms with Crippen molar-refractivity contribution >= 4 is 56.9 Å². The number of rotatable bonds is 2. The molecule has 5 rings (SSSR count). The molecule has 4 aromatic rings. The average Bonchev–Trinajstić information content (AvgIpc) is 3.57. The topological polar surface area (TPSA) is 166 Å². The molecule has 2 atom stereocenters. The molecule has 1 aliphatic rings. The predicted octanol–water partition coefficient (Wildman–Crippen LogP) is 1.59. The Labute approximate surface area is 229 Å². The first kappa shape index (κ1) is 26.6. The number of anilines is 2. The van der Waals surface area contributed by atoms with Crippen LogP contribution in [0, 0.1) is 0 Å². The van der Waals surface area contributed by atoms with Gasteiger partial charge in [0.1, 0.15) is 12.1 Å². The molecule has 12 nitrogen and oxygen atoms in total. The van der Waals surface area contributed by atoms with Crippen molar-refractivity contribution in [3.8, 4) is 0 Å². The third-order valence-corrected chi connectivity index (χ3v) is 6.94. The molecule has 2 aromatic heterocycles. The average molecular weight is 547 g/mol. The summed E-state index contributed by atoms with van der Waals surface area (Å²) in [5.41, 5.74) is 4.36. The Hall–Kier alpha value is -5.00. The monoisotopic (exact) mass is 546 g/mol. The summed E-state index contributed by atoms with van der Waals surface area (Å²) in [6, 6.07) is 9.14. The van der Waals surface area contributed by atoms with Crippen molar-refractivity contribution in [2.24, 2.45) is 0 Å². The van der Waals surface area contributed by atoms with Gasteiger partial charge in [-0.2, -0.15) is 0 Å². The molecule has 0 saturated carbocycles. The molecule has 2 amide bonds. The van der Waals surface area contributed by atoms with Gasteiger partial charge in [0.25, 0.3) is 0 Å². The highest BCUT2D eigenvalue weighted by Crippen LogP contribution is 2.29. The fourth-order valence-electron chi connectivity index (χ4n) is 5.08. The second kappa shape index (κ2) is 11.4. The van der Waals surface area contributed by atoms with Crippen LogP contribution in [0.1, 0.15) is 11.1 Å². The predicted molar refractivity (Wildman–Crippen MR) is 149 cm³/mol. The first-order valence-electron chi connectivity index (χ1n) is 12.8. The minimum absolute atomic E-state index is 0.116. The van der Waals surface area contributed by atoms with Crippen LogP contribution in [0.15, 0.2) is 48.8 Å². The Balaban J connectivity index is 1.54. The van der Waals surface area contributed by atoms with Crippen LogP contribution in [-0.4, -0.2) is 73.1 Å². The van der Waals surface area contributed by atoms with E-state index >= 15 is 0 Å². The molecule has 0 radical (unpaired) electrons. The highest BCUT2D eigenvalue weighted by atomic mass is 16.5. The van der Waals surface area contributed by atoms with E-state index in [0.717, 1.165) is 32.9 Å². The van der Waals surface area contributed by atoms with E-state index in [9.17, 15) is 19.2 Å². The van der Waals surface area contributed by atoms with E-state index in [1.165, 1.54) is 14.2 Å². The number of methoxy groups -OCH3 is 2. The third kappa shape index (κ3) is 5.41. The molecule has 40 heavy (non-hydrogen) atoms. The zero-order valence-electron chi connectivity index (χ0n) is 22.1. The summed E-state index contributed by atoms with van der Waals surface area (Å²) in [6.07, 6.45) is 3.84. The van der Waals surface area contributed by atoms with Crippen molar-refractivity contribution in [2.45, 2.75) is 24.9 Å². The third-order valence-electron chi connectivity index (χ3n) is 6.94. The van der Waals surface area contributed by atoms with Gasteiger partial charge in [0.2, 0.25) is 11.8 Å². The summed E-state index contributed by atoms with van der Waals surface area (Å²) in [6.45, 7) is -0.232. The summed E-state index contributed by atoms with van der Waals surface area (Å²) >= 11 is 0. The van der Waals surface area contributed by atoms with Gasteiger partial charge in [-0.15, -0.1) is 0 Å².